The molecule has 0 aliphatic rings. The summed E-state index contributed by atoms with van der Waals surface area (Å²) in [7, 11) is 0. The molecule has 2 rings (SSSR count). The summed E-state index contributed by atoms with van der Waals surface area (Å²) >= 11 is 0. The summed E-state index contributed by atoms with van der Waals surface area (Å²) in [6.45, 7) is 3.29. The normalized spacial score (nSPS) is 10.8. The summed E-state index contributed by atoms with van der Waals surface area (Å²) in [6, 6.07) is 2.03. The Labute approximate surface area is 113 Å². The van der Waals surface area contributed by atoms with Crippen molar-refractivity contribution in [1.29, 1.82) is 0 Å². The van der Waals surface area contributed by atoms with Crippen LogP contribution in [0.15, 0.2) is 12.1 Å². The number of benzene rings is 1. The van der Waals surface area contributed by atoms with Crippen LogP contribution in [-0.2, 0) is 6.42 Å². The summed E-state index contributed by atoms with van der Waals surface area (Å²) in [4.78, 5) is 11.1. The molecule has 0 unspecified atom stereocenters. The monoisotopic (exact) mass is 281 g/mol. The lowest BCUT2D eigenvalue weighted by atomic mass is 10.1. The number of halogens is 2. The first-order chi connectivity index (χ1) is 9.45. The van der Waals surface area contributed by atoms with Gasteiger partial charge in [-0.1, -0.05) is 18.6 Å². The van der Waals surface area contributed by atoms with Crippen LogP contribution in [0, 0.1) is 18.6 Å². The number of aryl methyl sites for hydroxylation is 1. The summed E-state index contributed by atoms with van der Waals surface area (Å²) in [5.74, 6) is -2.51. The summed E-state index contributed by atoms with van der Waals surface area (Å²) in [6.07, 6.45) is 0.979. The SMILES string of the molecule is CCCc1c(C(=O)O)nnn1-c1cc(F)c(C)cc1F. The molecule has 0 saturated heterocycles. The zero-order valence-corrected chi connectivity index (χ0v) is 11.0. The van der Waals surface area contributed by atoms with Gasteiger partial charge in [0, 0.05) is 6.07 Å². The Morgan fingerprint density at radius 3 is 2.65 bits per heavy atom. The molecule has 0 amide bonds. The summed E-state index contributed by atoms with van der Waals surface area (Å²) < 4.78 is 28.6. The number of aromatic carboxylic acids is 1. The molecule has 0 radical (unpaired) electrons. The minimum absolute atomic E-state index is 0.142. The van der Waals surface area contributed by atoms with Gasteiger partial charge in [0.05, 0.1) is 5.69 Å². The molecular weight excluding hydrogens is 268 g/mol. The number of hydrogen-bond acceptors (Lipinski definition) is 3. The first-order valence-electron chi connectivity index (χ1n) is 6.09. The van der Waals surface area contributed by atoms with Crippen molar-refractivity contribution in [3.05, 3.63) is 40.7 Å². The van der Waals surface area contributed by atoms with E-state index in [1.807, 2.05) is 6.92 Å². The van der Waals surface area contributed by atoms with Gasteiger partial charge in [-0.05, 0) is 25.0 Å². The number of aromatic nitrogens is 3. The third-order valence-electron chi connectivity index (χ3n) is 2.91. The van der Waals surface area contributed by atoms with Crippen LogP contribution < -0.4 is 0 Å². The molecule has 1 aromatic carbocycles. The molecule has 20 heavy (non-hydrogen) atoms. The molecular formula is C13H13F2N3O2. The van der Waals surface area contributed by atoms with Crippen LogP contribution in [-0.4, -0.2) is 26.1 Å². The van der Waals surface area contributed by atoms with E-state index in [1.54, 1.807) is 0 Å². The Hall–Kier alpha value is -2.31. The average Bonchev–Trinajstić information content (AvgIpc) is 2.78. The van der Waals surface area contributed by atoms with Crippen molar-refractivity contribution >= 4 is 5.97 Å². The van der Waals surface area contributed by atoms with Crippen LogP contribution in [0.5, 0.6) is 0 Å². The smallest absolute Gasteiger partial charge is 0.358 e. The molecule has 1 N–H and O–H groups in total. The first kappa shape index (κ1) is 14.1. The van der Waals surface area contributed by atoms with E-state index in [4.69, 9.17) is 5.11 Å². The second-order valence-corrected chi connectivity index (χ2v) is 4.40. The zero-order chi connectivity index (χ0) is 14.9. The highest BCUT2D eigenvalue weighted by Crippen LogP contribution is 2.21. The van der Waals surface area contributed by atoms with E-state index in [-0.39, 0.29) is 22.6 Å². The standard InChI is InChI=1S/C13H13F2N3O2/c1-3-4-10-12(13(19)20)16-17-18(10)11-6-8(14)7(2)5-9(11)15/h5-6H,3-4H2,1-2H3,(H,19,20). The van der Waals surface area contributed by atoms with Gasteiger partial charge in [0.25, 0.3) is 0 Å². The van der Waals surface area contributed by atoms with Crippen LogP contribution in [0.2, 0.25) is 0 Å². The molecule has 2 aromatic rings. The summed E-state index contributed by atoms with van der Waals surface area (Å²) in [5, 5.41) is 16.2. The van der Waals surface area contributed by atoms with E-state index in [9.17, 15) is 13.6 Å². The first-order valence-corrected chi connectivity index (χ1v) is 6.09. The predicted molar refractivity (Wildman–Crippen MR) is 67.0 cm³/mol. The Morgan fingerprint density at radius 1 is 1.35 bits per heavy atom. The van der Waals surface area contributed by atoms with Crippen LogP contribution in [0.25, 0.3) is 5.69 Å². The van der Waals surface area contributed by atoms with Crippen molar-refractivity contribution in [2.24, 2.45) is 0 Å². The predicted octanol–water partition coefficient (Wildman–Crippen LogP) is 2.50. The molecule has 0 atom stereocenters. The molecule has 0 spiro atoms. The molecule has 0 saturated carbocycles. The van der Waals surface area contributed by atoms with Crippen molar-refractivity contribution in [3.8, 4) is 5.69 Å². The lowest BCUT2D eigenvalue weighted by Crippen LogP contribution is -2.09. The van der Waals surface area contributed by atoms with E-state index in [0.717, 1.165) is 16.8 Å². The van der Waals surface area contributed by atoms with E-state index >= 15 is 0 Å². The third kappa shape index (κ3) is 2.38. The van der Waals surface area contributed by atoms with Crippen molar-refractivity contribution in [3.63, 3.8) is 0 Å². The molecule has 7 heteroatoms. The zero-order valence-electron chi connectivity index (χ0n) is 11.0. The highest BCUT2D eigenvalue weighted by Gasteiger charge is 2.21. The second kappa shape index (κ2) is 5.36. The highest BCUT2D eigenvalue weighted by molar-refractivity contribution is 5.86. The fourth-order valence-corrected chi connectivity index (χ4v) is 1.92. The van der Waals surface area contributed by atoms with Crippen molar-refractivity contribution in [2.75, 3.05) is 0 Å². The molecule has 106 valence electrons. The Bertz CT molecular complexity index is 668. The highest BCUT2D eigenvalue weighted by atomic mass is 19.1. The van der Waals surface area contributed by atoms with Crippen molar-refractivity contribution in [1.82, 2.24) is 15.0 Å². The van der Waals surface area contributed by atoms with Gasteiger partial charge in [-0.2, -0.15) is 0 Å². The number of nitrogens with zero attached hydrogens (tertiary/aromatic N) is 3. The molecule has 0 aliphatic heterocycles. The lowest BCUT2D eigenvalue weighted by Gasteiger charge is -2.08. The van der Waals surface area contributed by atoms with Gasteiger partial charge in [0.1, 0.15) is 17.3 Å². The topological polar surface area (TPSA) is 68.0 Å². The van der Waals surface area contributed by atoms with Gasteiger partial charge in [-0.25, -0.2) is 18.3 Å². The third-order valence-corrected chi connectivity index (χ3v) is 2.91. The number of carboxylic acid groups (broad SMARTS) is 1. The largest absolute Gasteiger partial charge is 0.476 e. The quantitative estimate of drug-likeness (QED) is 0.935. The number of rotatable bonds is 4. The maximum Gasteiger partial charge on any atom is 0.358 e. The average molecular weight is 281 g/mol. The summed E-state index contributed by atoms with van der Waals surface area (Å²) in [5.41, 5.74) is 0.0350. The molecule has 0 bridgehead atoms. The second-order valence-electron chi connectivity index (χ2n) is 4.40. The lowest BCUT2D eigenvalue weighted by molar-refractivity contribution is 0.0689. The molecule has 5 nitrogen and oxygen atoms in total. The maximum atomic E-state index is 13.9. The van der Waals surface area contributed by atoms with E-state index < -0.39 is 17.6 Å². The maximum absolute atomic E-state index is 13.9. The molecule has 0 fully saturated rings. The molecule has 1 aromatic heterocycles. The molecule has 0 aliphatic carbocycles. The number of hydrogen-bond donors (Lipinski definition) is 1. The Balaban J connectivity index is 2.63. The van der Waals surface area contributed by atoms with Gasteiger partial charge in [-0.15, -0.1) is 5.10 Å². The fourth-order valence-electron chi connectivity index (χ4n) is 1.92. The minimum atomic E-state index is -1.24. The minimum Gasteiger partial charge on any atom is -0.476 e. The van der Waals surface area contributed by atoms with Crippen LogP contribution >= 0.6 is 0 Å². The van der Waals surface area contributed by atoms with Gasteiger partial charge in [-0.3, -0.25) is 0 Å². The van der Waals surface area contributed by atoms with Crippen molar-refractivity contribution in [2.45, 2.75) is 26.7 Å². The van der Waals surface area contributed by atoms with Crippen LogP contribution in [0.3, 0.4) is 0 Å². The van der Waals surface area contributed by atoms with Gasteiger partial charge in [0.15, 0.2) is 5.69 Å². The Kier molecular flexibility index (Phi) is 3.78. The van der Waals surface area contributed by atoms with E-state index in [0.29, 0.717) is 12.8 Å². The number of carboxylic acids is 1. The van der Waals surface area contributed by atoms with E-state index in [2.05, 4.69) is 10.3 Å². The molecule has 1 heterocycles. The van der Waals surface area contributed by atoms with Gasteiger partial charge in [0.2, 0.25) is 0 Å². The number of carbonyl (C=O) groups is 1. The van der Waals surface area contributed by atoms with E-state index in [1.165, 1.54) is 6.92 Å². The van der Waals surface area contributed by atoms with Gasteiger partial charge < -0.3 is 5.11 Å². The van der Waals surface area contributed by atoms with Gasteiger partial charge >= 0.3 is 5.97 Å². The Morgan fingerprint density at radius 2 is 2.05 bits per heavy atom. The van der Waals surface area contributed by atoms with Crippen molar-refractivity contribution < 1.29 is 18.7 Å². The van der Waals surface area contributed by atoms with Crippen LogP contribution in [0.4, 0.5) is 8.78 Å². The fraction of sp³-hybridized carbons (Fsp3) is 0.308. The van der Waals surface area contributed by atoms with Crippen LogP contribution in [0.1, 0.15) is 35.1 Å².